The van der Waals surface area contributed by atoms with E-state index in [0.717, 1.165) is 25.7 Å². The fourth-order valence-electron chi connectivity index (χ4n) is 3.49. The minimum Gasteiger partial charge on any atom is -0.467 e. The van der Waals surface area contributed by atoms with Crippen LogP contribution in [0.25, 0.3) is 0 Å². The number of aromatic nitrogens is 2. The first-order valence-electron chi connectivity index (χ1n) is 8.89. The second-order valence-electron chi connectivity index (χ2n) is 6.68. The summed E-state index contributed by atoms with van der Waals surface area (Å²) in [5.74, 6) is 1.16. The van der Waals surface area contributed by atoms with Gasteiger partial charge in [0.2, 0.25) is 0 Å². The molecular formula is C19H25N3O3. The number of nitrogens with zero attached hydrogens (tertiary/aromatic N) is 3. The second kappa shape index (κ2) is 7.78. The molecule has 0 aromatic carbocycles. The third kappa shape index (κ3) is 4.07. The van der Waals surface area contributed by atoms with Gasteiger partial charge in [-0.2, -0.15) is 0 Å². The number of aliphatic hydroxyl groups excluding tert-OH is 1. The lowest BCUT2D eigenvalue weighted by molar-refractivity contribution is 0.0556. The molecule has 0 saturated carbocycles. The van der Waals surface area contributed by atoms with Gasteiger partial charge in [0.25, 0.3) is 5.91 Å². The maximum Gasteiger partial charge on any atom is 0.257 e. The number of hydrogen-bond donors (Lipinski definition) is 1. The molecule has 25 heavy (non-hydrogen) atoms. The van der Waals surface area contributed by atoms with E-state index in [9.17, 15) is 9.90 Å². The average Bonchev–Trinajstić information content (AvgIpc) is 3.02. The van der Waals surface area contributed by atoms with E-state index in [4.69, 9.17) is 4.42 Å². The largest absolute Gasteiger partial charge is 0.467 e. The molecule has 3 rings (SSSR count). The van der Waals surface area contributed by atoms with Gasteiger partial charge < -0.3 is 14.4 Å². The van der Waals surface area contributed by atoms with E-state index in [-0.39, 0.29) is 11.9 Å². The van der Waals surface area contributed by atoms with Gasteiger partial charge in [0.15, 0.2) is 0 Å². The predicted octanol–water partition coefficient (Wildman–Crippen LogP) is 3.19. The van der Waals surface area contributed by atoms with Crippen LogP contribution >= 0.6 is 0 Å². The van der Waals surface area contributed by atoms with Crippen LogP contribution in [0.5, 0.6) is 0 Å². The highest BCUT2D eigenvalue weighted by Crippen LogP contribution is 2.28. The Morgan fingerprint density at radius 3 is 2.96 bits per heavy atom. The molecule has 2 aromatic heterocycles. The Balaban J connectivity index is 1.81. The van der Waals surface area contributed by atoms with Crippen molar-refractivity contribution in [2.75, 3.05) is 6.54 Å². The van der Waals surface area contributed by atoms with Crippen LogP contribution in [0, 0.1) is 13.8 Å². The van der Waals surface area contributed by atoms with E-state index in [1.54, 1.807) is 24.6 Å². The summed E-state index contributed by atoms with van der Waals surface area (Å²) in [7, 11) is 0. The quantitative estimate of drug-likeness (QED) is 0.922. The van der Waals surface area contributed by atoms with E-state index in [0.29, 0.717) is 35.8 Å². The lowest BCUT2D eigenvalue weighted by Gasteiger charge is -2.31. The van der Waals surface area contributed by atoms with Crippen LogP contribution in [0.4, 0.5) is 0 Å². The van der Waals surface area contributed by atoms with Crippen LogP contribution in [0.2, 0.25) is 0 Å². The zero-order valence-electron chi connectivity index (χ0n) is 14.8. The number of hydrogen-bond acceptors (Lipinski definition) is 5. The van der Waals surface area contributed by atoms with E-state index in [1.165, 1.54) is 0 Å². The molecule has 0 spiro atoms. The van der Waals surface area contributed by atoms with Crippen LogP contribution in [-0.2, 0) is 0 Å². The monoisotopic (exact) mass is 343 g/mol. The first-order chi connectivity index (χ1) is 12.1. The molecule has 1 N–H and O–H groups in total. The van der Waals surface area contributed by atoms with Crippen molar-refractivity contribution in [1.82, 2.24) is 14.9 Å². The summed E-state index contributed by atoms with van der Waals surface area (Å²) >= 11 is 0. The highest BCUT2D eigenvalue weighted by atomic mass is 16.4. The molecule has 6 nitrogen and oxygen atoms in total. The smallest absolute Gasteiger partial charge is 0.257 e. The van der Waals surface area contributed by atoms with E-state index < -0.39 is 6.10 Å². The molecule has 1 amide bonds. The van der Waals surface area contributed by atoms with E-state index in [2.05, 4.69) is 9.97 Å². The zero-order chi connectivity index (χ0) is 17.8. The average molecular weight is 343 g/mol. The highest BCUT2D eigenvalue weighted by molar-refractivity contribution is 5.95. The molecule has 0 aliphatic carbocycles. The number of carbonyl (C=O) groups excluding carboxylic acids is 1. The van der Waals surface area contributed by atoms with Crippen LogP contribution in [0.3, 0.4) is 0 Å². The molecular weight excluding hydrogens is 318 g/mol. The first-order valence-corrected chi connectivity index (χ1v) is 8.89. The topological polar surface area (TPSA) is 79.5 Å². The van der Waals surface area contributed by atoms with Crippen molar-refractivity contribution >= 4 is 5.91 Å². The standard InChI is InChI=1S/C19H25N3O3/c1-13-16(12-20-14(2)21-13)19(24)22-9-5-3-4-7-15(22)11-17(23)18-8-6-10-25-18/h6,8,10,12,15,17,23H,3-5,7,9,11H2,1-2H3. The molecule has 2 atom stereocenters. The number of likely N-dealkylation sites (tertiary alicyclic amines) is 1. The van der Waals surface area contributed by atoms with Gasteiger partial charge in [0, 0.05) is 25.2 Å². The molecule has 134 valence electrons. The molecule has 6 heteroatoms. The van der Waals surface area contributed by atoms with Gasteiger partial charge in [-0.1, -0.05) is 12.8 Å². The minimum atomic E-state index is -0.705. The lowest BCUT2D eigenvalue weighted by Crippen LogP contribution is -2.41. The highest BCUT2D eigenvalue weighted by Gasteiger charge is 2.30. The Hall–Kier alpha value is -2.21. The molecule has 1 aliphatic heterocycles. The Bertz CT molecular complexity index is 715. The summed E-state index contributed by atoms with van der Waals surface area (Å²) in [6.45, 7) is 4.35. The Labute approximate surface area is 147 Å². The number of rotatable bonds is 4. The molecule has 3 heterocycles. The van der Waals surface area contributed by atoms with Gasteiger partial charge in [-0.25, -0.2) is 9.97 Å². The number of aliphatic hydroxyl groups is 1. The number of aryl methyl sites for hydroxylation is 2. The van der Waals surface area contributed by atoms with Crippen molar-refractivity contribution in [3.05, 3.63) is 47.4 Å². The summed E-state index contributed by atoms with van der Waals surface area (Å²) in [5, 5.41) is 10.5. The van der Waals surface area contributed by atoms with Crippen LogP contribution in [-0.4, -0.2) is 38.5 Å². The van der Waals surface area contributed by atoms with E-state index >= 15 is 0 Å². The first kappa shape index (κ1) is 17.6. The third-order valence-corrected chi connectivity index (χ3v) is 4.84. The summed E-state index contributed by atoms with van der Waals surface area (Å²) in [6, 6.07) is 3.52. The van der Waals surface area contributed by atoms with Gasteiger partial charge >= 0.3 is 0 Å². The molecule has 1 saturated heterocycles. The van der Waals surface area contributed by atoms with Crippen molar-refractivity contribution in [2.45, 2.75) is 58.1 Å². The molecule has 1 fully saturated rings. The molecule has 0 bridgehead atoms. The summed E-state index contributed by atoms with van der Waals surface area (Å²) in [5.41, 5.74) is 1.25. The lowest BCUT2D eigenvalue weighted by atomic mass is 10.0. The fraction of sp³-hybridized carbons (Fsp3) is 0.526. The maximum atomic E-state index is 13.1. The van der Waals surface area contributed by atoms with Crippen LogP contribution in [0.1, 0.15) is 65.8 Å². The van der Waals surface area contributed by atoms with Crippen molar-refractivity contribution in [3.63, 3.8) is 0 Å². The van der Waals surface area contributed by atoms with Gasteiger partial charge in [-0.3, -0.25) is 4.79 Å². The molecule has 0 radical (unpaired) electrons. The van der Waals surface area contributed by atoms with Gasteiger partial charge in [0.05, 0.1) is 17.5 Å². The Kier molecular flexibility index (Phi) is 5.48. The number of carbonyl (C=O) groups is 1. The van der Waals surface area contributed by atoms with E-state index in [1.807, 2.05) is 18.7 Å². The van der Waals surface area contributed by atoms with Gasteiger partial charge in [-0.15, -0.1) is 0 Å². The molecule has 2 aromatic rings. The van der Waals surface area contributed by atoms with Crippen LogP contribution in [0.15, 0.2) is 29.0 Å². The Morgan fingerprint density at radius 2 is 2.24 bits per heavy atom. The molecule has 1 aliphatic rings. The predicted molar refractivity (Wildman–Crippen MR) is 93.1 cm³/mol. The number of furan rings is 1. The third-order valence-electron chi connectivity index (χ3n) is 4.84. The normalized spacial score (nSPS) is 19.5. The SMILES string of the molecule is Cc1ncc(C(=O)N2CCCCCC2CC(O)c2ccco2)c(C)n1. The number of amides is 1. The summed E-state index contributed by atoms with van der Waals surface area (Å²) < 4.78 is 5.31. The second-order valence-corrected chi connectivity index (χ2v) is 6.68. The summed E-state index contributed by atoms with van der Waals surface area (Å²) in [4.78, 5) is 23.5. The van der Waals surface area contributed by atoms with Crippen molar-refractivity contribution in [2.24, 2.45) is 0 Å². The van der Waals surface area contributed by atoms with Crippen LogP contribution < -0.4 is 0 Å². The van der Waals surface area contributed by atoms with Gasteiger partial charge in [-0.05, 0) is 38.8 Å². The fourth-order valence-corrected chi connectivity index (χ4v) is 3.49. The summed E-state index contributed by atoms with van der Waals surface area (Å²) in [6.07, 6.45) is 6.96. The maximum absolute atomic E-state index is 13.1. The van der Waals surface area contributed by atoms with Crippen molar-refractivity contribution < 1.29 is 14.3 Å². The van der Waals surface area contributed by atoms with Crippen molar-refractivity contribution in [3.8, 4) is 0 Å². The minimum absolute atomic E-state index is 0.0178. The van der Waals surface area contributed by atoms with Crippen molar-refractivity contribution in [1.29, 1.82) is 0 Å². The molecule has 2 unspecified atom stereocenters. The zero-order valence-corrected chi connectivity index (χ0v) is 14.8. The Morgan fingerprint density at radius 1 is 1.40 bits per heavy atom. The van der Waals surface area contributed by atoms with Gasteiger partial charge in [0.1, 0.15) is 17.7 Å².